The number of carboxylic acid groups (broad SMARTS) is 1. The lowest BCUT2D eigenvalue weighted by Gasteiger charge is -2.34. The first-order valence-corrected chi connectivity index (χ1v) is 10.1. The third-order valence-electron chi connectivity index (χ3n) is 3.41. The Morgan fingerprint density at radius 2 is 2.17 bits per heavy atom. The Morgan fingerprint density at radius 1 is 1.46 bits per heavy atom. The lowest BCUT2D eigenvalue weighted by atomic mass is 10.1. The number of sulfonamides is 1. The molecule has 7 nitrogen and oxygen atoms in total. The molecule has 1 saturated heterocycles. The number of thioether (sulfide) groups is 1. The average Bonchev–Trinajstić information content (AvgIpc) is 2.47. The first kappa shape index (κ1) is 18.5. The van der Waals surface area contributed by atoms with Crippen molar-refractivity contribution < 1.29 is 27.5 Å². The average molecular weight is 376 g/mol. The minimum Gasteiger partial charge on any atom is -0.481 e. The second-order valence-corrected chi connectivity index (χ2v) is 8.29. The van der Waals surface area contributed by atoms with Crippen molar-refractivity contribution in [1.82, 2.24) is 4.90 Å². The molecule has 1 atom stereocenters. The molecule has 0 radical (unpaired) electrons. The van der Waals surface area contributed by atoms with E-state index in [-0.39, 0.29) is 17.7 Å². The van der Waals surface area contributed by atoms with Gasteiger partial charge in [0.15, 0.2) is 0 Å². The summed E-state index contributed by atoms with van der Waals surface area (Å²) in [6.45, 7) is 0.383. The van der Waals surface area contributed by atoms with Crippen LogP contribution in [0.2, 0.25) is 0 Å². The molecule has 2 rings (SSSR count). The molecule has 1 amide bonds. The number of halogens is 1. The van der Waals surface area contributed by atoms with Crippen molar-refractivity contribution in [2.24, 2.45) is 0 Å². The summed E-state index contributed by atoms with van der Waals surface area (Å²) < 4.78 is 38.3. The van der Waals surface area contributed by atoms with E-state index in [1.807, 2.05) is 4.72 Å². The van der Waals surface area contributed by atoms with Gasteiger partial charge in [-0.1, -0.05) is 0 Å². The van der Waals surface area contributed by atoms with Crippen LogP contribution in [-0.4, -0.2) is 60.6 Å². The van der Waals surface area contributed by atoms with Gasteiger partial charge in [-0.3, -0.25) is 14.3 Å². The fourth-order valence-electron chi connectivity index (χ4n) is 2.39. The molecule has 1 unspecified atom stereocenters. The highest BCUT2D eigenvalue weighted by molar-refractivity contribution is 7.99. The molecule has 0 bridgehead atoms. The van der Waals surface area contributed by atoms with Crippen molar-refractivity contribution in [3.63, 3.8) is 0 Å². The summed E-state index contributed by atoms with van der Waals surface area (Å²) in [5, 5.41) is 8.97. The van der Waals surface area contributed by atoms with Crippen LogP contribution in [0.15, 0.2) is 18.2 Å². The number of hydrogen-bond donors (Lipinski definition) is 2. The lowest BCUT2D eigenvalue weighted by Crippen LogP contribution is -2.47. The number of nitrogens with zero attached hydrogens (tertiary/aromatic N) is 1. The maximum absolute atomic E-state index is 13.7. The molecule has 1 aliphatic rings. The summed E-state index contributed by atoms with van der Waals surface area (Å²) in [7, 11) is -3.69. The van der Waals surface area contributed by atoms with Crippen LogP contribution >= 0.6 is 11.8 Å². The van der Waals surface area contributed by atoms with Crippen LogP contribution in [0.25, 0.3) is 0 Å². The van der Waals surface area contributed by atoms with Crippen LogP contribution in [0, 0.1) is 5.82 Å². The molecular weight excluding hydrogens is 359 g/mol. The van der Waals surface area contributed by atoms with Crippen LogP contribution in [0.4, 0.5) is 10.1 Å². The number of carbonyl (C=O) groups excluding carboxylic acids is 1. The Kier molecular flexibility index (Phi) is 5.70. The number of rotatable bonds is 5. The van der Waals surface area contributed by atoms with Crippen molar-refractivity contribution >= 4 is 39.3 Å². The molecule has 0 saturated carbocycles. The van der Waals surface area contributed by atoms with E-state index in [4.69, 9.17) is 5.11 Å². The first-order valence-electron chi connectivity index (χ1n) is 7.05. The third kappa shape index (κ3) is 4.84. The summed E-state index contributed by atoms with van der Waals surface area (Å²) in [6.07, 6.45) is 0.708. The van der Waals surface area contributed by atoms with E-state index < -0.39 is 33.8 Å². The standard InChI is InChI=1S/C14H17FN2O5S2/c1-24(21,22)16-12-6-9(2-3-11(12)15)14(20)17-4-5-23-8-10(17)7-13(18)19/h2-3,6,10,16H,4-5,7-8H2,1H3,(H,18,19). The summed E-state index contributed by atoms with van der Waals surface area (Å²) in [4.78, 5) is 25.0. The molecule has 10 heteroatoms. The monoisotopic (exact) mass is 376 g/mol. The van der Waals surface area contributed by atoms with Crippen molar-refractivity contribution in [3.8, 4) is 0 Å². The predicted octanol–water partition coefficient (Wildman–Crippen LogP) is 1.23. The van der Waals surface area contributed by atoms with Gasteiger partial charge in [0.25, 0.3) is 5.91 Å². The minimum atomic E-state index is -3.69. The quantitative estimate of drug-likeness (QED) is 0.801. The van der Waals surface area contributed by atoms with Gasteiger partial charge in [0.1, 0.15) is 5.82 Å². The molecule has 1 aromatic rings. The van der Waals surface area contributed by atoms with E-state index in [0.29, 0.717) is 18.1 Å². The van der Waals surface area contributed by atoms with Gasteiger partial charge in [-0.2, -0.15) is 11.8 Å². The van der Waals surface area contributed by atoms with Gasteiger partial charge < -0.3 is 10.0 Å². The maximum atomic E-state index is 13.7. The number of amides is 1. The lowest BCUT2D eigenvalue weighted by molar-refractivity contribution is -0.138. The number of carbonyl (C=O) groups is 2. The molecule has 24 heavy (non-hydrogen) atoms. The molecule has 132 valence electrons. The highest BCUT2D eigenvalue weighted by atomic mass is 32.2. The van der Waals surface area contributed by atoms with Gasteiger partial charge >= 0.3 is 5.97 Å². The molecule has 1 fully saturated rings. The van der Waals surface area contributed by atoms with Gasteiger partial charge in [-0.15, -0.1) is 0 Å². The summed E-state index contributed by atoms with van der Waals surface area (Å²) in [5.74, 6) is -1.06. The molecule has 1 heterocycles. The van der Waals surface area contributed by atoms with Crippen LogP contribution in [0.3, 0.4) is 0 Å². The predicted molar refractivity (Wildman–Crippen MR) is 89.3 cm³/mol. The Morgan fingerprint density at radius 3 is 2.79 bits per heavy atom. The SMILES string of the molecule is CS(=O)(=O)Nc1cc(C(=O)N2CCSCC2CC(=O)O)ccc1F. The van der Waals surface area contributed by atoms with E-state index >= 15 is 0 Å². The van der Waals surface area contributed by atoms with Crippen molar-refractivity contribution in [3.05, 3.63) is 29.6 Å². The minimum absolute atomic E-state index is 0.102. The second-order valence-electron chi connectivity index (χ2n) is 5.39. The summed E-state index contributed by atoms with van der Waals surface area (Å²) in [6, 6.07) is 2.93. The van der Waals surface area contributed by atoms with Crippen molar-refractivity contribution in [2.75, 3.05) is 29.0 Å². The number of carboxylic acids is 1. The Bertz CT molecular complexity index is 754. The number of nitrogens with one attached hydrogen (secondary N) is 1. The Balaban J connectivity index is 2.27. The summed E-state index contributed by atoms with van der Waals surface area (Å²) in [5.41, 5.74) is -0.214. The number of aliphatic carboxylic acids is 1. The highest BCUT2D eigenvalue weighted by Gasteiger charge is 2.30. The maximum Gasteiger partial charge on any atom is 0.305 e. The fourth-order valence-corrected chi connectivity index (χ4v) is 4.01. The van der Waals surface area contributed by atoms with Crippen molar-refractivity contribution in [1.29, 1.82) is 0 Å². The van der Waals surface area contributed by atoms with E-state index in [1.165, 1.54) is 11.0 Å². The molecule has 2 N–H and O–H groups in total. The van der Waals surface area contributed by atoms with Gasteiger partial charge in [0, 0.05) is 23.6 Å². The fraction of sp³-hybridized carbons (Fsp3) is 0.429. The Hall–Kier alpha value is -1.81. The van der Waals surface area contributed by atoms with Gasteiger partial charge in [0.2, 0.25) is 10.0 Å². The smallest absolute Gasteiger partial charge is 0.305 e. The Labute approximate surface area is 143 Å². The van der Waals surface area contributed by atoms with Crippen LogP contribution in [0.5, 0.6) is 0 Å². The van der Waals surface area contributed by atoms with Gasteiger partial charge in [0.05, 0.1) is 24.4 Å². The van der Waals surface area contributed by atoms with Crippen molar-refractivity contribution in [2.45, 2.75) is 12.5 Å². The first-order chi connectivity index (χ1) is 11.2. The molecular formula is C14H17FN2O5S2. The largest absolute Gasteiger partial charge is 0.481 e. The molecule has 0 aliphatic carbocycles. The second kappa shape index (κ2) is 7.39. The topological polar surface area (TPSA) is 104 Å². The zero-order chi connectivity index (χ0) is 17.9. The van der Waals surface area contributed by atoms with E-state index in [9.17, 15) is 22.4 Å². The van der Waals surface area contributed by atoms with Crippen LogP contribution in [-0.2, 0) is 14.8 Å². The number of anilines is 1. The molecule has 1 aromatic carbocycles. The van der Waals surface area contributed by atoms with E-state index in [0.717, 1.165) is 18.4 Å². The number of benzene rings is 1. The molecule has 0 aromatic heterocycles. The molecule has 1 aliphatic heterocycles. The zero-order valence-corrected chi connectivity index (χ0v) is 14.5. The zero-order valence-electron chi connectivity index (χ0n) is 12.9. The summed E-state index contributed by atoms with van der Waals surface area (Å²) >= 11 is 1.57. The van der Waals surface area contributed by atoms with E-state index in [1.54, 1.807) is 11.8 Å². The van der Waals surface area contributed by atoms with Gasteiger partial charge in [-0.25, -0.2) is 12.8 Å². The van der Waals surface area contributed by atoms with E-state index in [2.05, 4.69) is 0 Å². The van der Waals surface area contributed by atoms with Crippen LogP contribution < -0.4 is 4.72 Å². The third-order valence-corrected chi connectivity index (χ3v) is 5.09. The normalized spacial score (nSPS) is 18.2. The van der Waals surface area contributed by atoms with Gasteiger partial charge in [-0.05, 0) is 18.2 Å². The molecule has 0 spiro atoms. The number of hydrogen-bond acceptors (Lipinski definition) is 5. The highest BCUT2D eigenvalue weighted by Crippen LogP contribution is 2.24. The van der Waals surface area contributed by atoms with Crippen LogP contribution in [0.1, 0.15) is 16.8 Å².